The Hall–Kier alpha value is -3.15. The Morgan fingerprint density at radius 3 is 2.31 bits per heavy atom. The summed E-state index contributed by atoms with van der Waals surface area (Å²) in [6, 6.07) is 16.0. The molecule has 0 aliphatic heterocycles. The number of benzene rings is 2. The molecule has 0 heterocycles. The van der Waals surface area contributed by atoms with E-state index in [9.17, 15) is 14.4 Å². The Kier molecular flexibility index (Phi) is 7.15. The van der Waals surface area contributed by atoms with Crippen LogP contribution in [-0.2, 0) is 15.0 Å². The van der Waals surface area contributed by atoms with Gasteiger partial charge in [0.1, 0.15) is 0 Å². The molecule has 0 aliphatic carbocycles. The maximum absolute atomic E-state index is 12.8. The van der Waals surface area contributed by atoms with Gasteiger partial charge in [0.25, 0.3) is 0 Å². The number of likely N-dealkylation sites (N-methyl/N-ethyl adjacent to an activating group) is 1. The molecule has 0 bridgehead atoms. The summed E-state index contributed by atoms with van der Waals surface area (Å²) in [5.74, 6) is -1.86. The lowest BCUT2D eigenvalue weighted by Gasteiger charge is -2.33. The van der Waals surface area contributed by atoms with Crippen molar-refractivity contribution in [2.75, 3.05) is 18.5 Å². The molecular formula is C23H28N2O4. The largest absolute Gasteiger partial charge is 0.478 e. The number of amides is 2. The van der Waals surface area contributed by atoms with Gasteiger partial charge >= 0.3 is 5.97 Å². The zero-order chi connectivity index (χ0) is 21.6. The smallest absolute Gasteiger partial charge is 0.335 e. The van der Waals surface area contributed by atoms with Crippen molar-refractivity contribution in [1.29, 1.82) is 0 Å². The zero-order valence-corrected chi connectivity index (χ0v) is 17.3. The number of carbonyl (C=O) groups is 3. The van der Waals surface area contributed by atoms with Crippen molar-refractivity contribution in [3.63, 3.8) is 0 Å². The fourth-order valence-electron chi connectivity index (χ4n) is 3.49. The van der Waals surface area contributed by atoms with Crippen LogP contribution in [-0.4, -0.2) is 36.5 Å². The van der Waals surface area contributed by atoms with Gasteiger partial charge in [0.2, 0.25) is 11.8 Å². The number of rotatable bonds is 8. The molecule has 2 N–H and O–H groups in total. The molecule has 0 unspecified atom stereocenters. The van der Waals surface area contributed by atoms with Gasteiger partial charge in [-0.05, 0) is 30.2 Å². The summed E-state index contributed by atoms with van der Waals surface area (Å²) in [5.41, 5.74) is 1.24. The minimum Gasteiger partial charge on any atom is -0.478 e. The molecule has 2 amide bonds. The fraction of sp³-hybridized carbons (Fsp3) is 0.348. The first-order valence-electron chi connectivity index (χ1n) is 9.61. The molecule has 2 aromatic rings. The number of aromatic carboxylic acids is 1. The van der Waals surface area contributed by atoms with E-state index in [0.717, 1.165) is 5.56 Å². The summed E-state index contributed by atoms with van der Waals surface area (Å²) in [6.07, 6.45) is 0.637. The monoisotopic (exact) mass is 396 g/mol. The molecule has 6 nitrogen and oxygen atoms in total. The molecular weight excluding hydrogens is 368 g/mol. The van der Waals surface area contributed by atoms with Gasteiger partial charge in [-0.1, -0.05) is 57.2 Å². The number of anilines is 1. The number of hydrogen-bond donors (Lipinski definition) is 2. The van der Waals surface area contributed by atoms with E-state index in [1.54, 1.807) is 19.2 Å². The predicted octanol–water partition coefficient (Wildman–Crippen LogP) is 3.47. The van der Waals surface area contributed by atoms with Gasteiger partial charge in [-0.3, -0.25) is 9.59 Å². The van der Waals surface area contributed by atoms with Crippen LogP contribution < -0.4 is 10.2 Å². The van der Waals surface area contributed by atoms with Crippen LogP contribution in [0, 0.1) is 5.92 Å². The average Bonchev–Trinajstić information content (AvgIpc) is 2.72. The first-order chi connectivity index (χ1) is 13.7. The number of nitrogens with zero attached hydrogens (tertiary/aromatic N) is 1. The van der Waals surface area contributed by atoms with Crippen LogP contribution in [0.2, 0.25) is 0 Å². The van der Waals surface area contributed by atoms with E-state index in [-0.39, 0.29) is 35.3 Å². The van der Waals surface area contributed by atoms with E-state index < -0.39 is 5.97 Å². The van der Waals surface area contributed by atoms with Gasteiger partial charge < -0.3 is 15.3 Å². The second kappa shape index (κ2) is 9.37. The molecule has 0 saturated heterocycles. The molecule has 1 atom stereocenters. The second-order valence-corrected chi connectivity index (χ2v) is 7.57. The molecule has 0 radical (unpaired) electrons. The first-order valence-corrected chi connectivity index (χ1v) is 9.61. The zero-order valence-electron chi connectivity index (χ0n) is 17.3. The molecule has 0 saturated carbocycles. The van der Waals surface area contributed by atoms with E-state index in [0.29, 0.717) is 12.1 Å². The highest BCUT2D eigenvalue weighted by atomic mass is 16.4. The Bertz CT molecular complexity index is 877. The van der Waals surface area contributed by atoms with Crippen LogP contribution in [0.1, 0.15) is 43.1 Å². The van der Waals surface area contributed by atoms with Crippen molar-refractivity contribution >= 4 is 23.5 Å². The molecule has 0 fully saturated rings. The lowest BCUT2D eigenvalue weighted by molar-refractivity contribution is -0.129. The number of nitrogens with one attached hydrogen (secondary N) is 1. The highest BCUT2D eigenvalue weighted by molar-refractivity contribution is 5.98. The predicted molar refractivity (Wildman–Crippen MR) is 113 cm³/mol. The second-order valence-electron chi connectivity index (χ2n) is 7.57. The van der Waals surface area contributed by atoms with Gasteiger partial charge in [-0.15, -0.1) is 0 Å². The highest BCUT2D eigenvalue weighted by Crippen LogP contribution is 2.33. The molecule has 154 valence electrons. The standard InChI is InChI=1S/C23H28N2O4/c1-5-19(23(2,3)17-11-7-6-8-12-17)21(27)24-15-20(26)25(4)18-13-9-10-16(14-18)22(28)29/h6-14,19H,5,15H2,1-4H3,(H,24,27)(H,28,29)/t19-/m1/s1. The van der Waals surface area contributed by atoms with E-state index in [1.807, 2.05) is 51.1 Å². The Labute approximate surface area is 171 Å². The van der Waals surface area contributed by atoms with E-state index in [4.69, 9.17) is 5.11 Å². The lowest BCUT2D eigenvalue weighted by Crippen LogP contribution is -2.45. The molecule has 0 spiro atoms. The number of carboxylic acids is 1. The number of carboxylic acid groups (broad SMARTS) is 1. The van der Waals surface area contributed by atoms with Crippen molar-refractivity contribution in [3.8, 4) is 0 Å². The van der Waals surface area contributed by atoms with Gasteiger partial charge in [0.05, 0.1) is 12.1 Å². The molecule has 0 aromatic heterocycles. The molecule has 0 aliphatic rings. The Balaban J connectivity index is 2.05. The van der Waals surface area contributed by atoms with Crippen LogP contribution in [0.3, 0.4) is 0 Å². The van der Waals surface area contributed by atoms with Crippen molar-refractivity contribution in [3.05, 3.63) is 65.7 Å². The van der Waals surface area contributed by atoms with Crippen LogP contribution in [0.5, 0.6) is 0 Å². The fourth-order valence-corrected chi connectivity index (χ4v) is 3.49. The Morgan fingerprint density at radius 1 is 1.07 bits per heavy atom. The average molecular weight is 396 g/mol. The minimum atomic E-state index is -1.06. The summed E-state index contributed by atoms with van der Waals surface area (Å²) in [7, 11) is 1.56. The topological polar surface area (TPSA) is 86.7 Å². The van der Waals surface area contributed by atoms with Gasteiger partial charge in [0.15, 0.2) is 0 Å². The minimum absolute atomic E-state index is 0.0989. The lowest BCUT2D eigenvalue weighted by atomic mass is 9.71. The summed E-state index contributed by atoms with van der Waals surface area (Å²) < 4.78 is 0. The third-order valence-corrected chi connectivity index (χ3v) is 5.38. The summed E-state index contributed by atoms with van der Waals surface area (Å²) in [4.78, 5) is 37.8. The third kappa shape index (κ3) is 5.22. The molecule has 6 heteroatoms. The quantitative estimate of drug-likeness (QED) is 0.715. The van der Waals surface area contributed by atoms with Gasteiger partial charge in [-0.2, -0.15) is 0 Å². The van der Waals surface area contributed by atoms with E-state index in [2.05, 4.69) is 5.32 Å². The van der Waals surface area contributed by atoms with Crippen molar-refractivity contribution in [2.45, 2.75) is 32.6 Å². The number of carbonyl (C=O) groups excluding carboxylic acids is 2. The molecule has 2 aromatic carbocycles. The van der Waals surface area contributed by atoms with Crippen LogP contribution >= 0.6 is 0 Å². The third-order valence-electron chi connectivity index (χ3n) is 5.38. The van der Waals surface area contributed by atoms with Gasteiger partial charge in [-0.25, -0.2) is 4.79 Å². The molecule has 2 rings (SSSR count). The van der Waals surface area contributed by atoms with Gasteiger partial charge in [0, 0.05) is 24.1 Å². The van der Waals surface area contributed by atoms with Crippen LogP contribution in [0.15, 0.2) is 54.6 Å². The Morgan fingerprint density at radius 2 is 1.72 bits per heavy atom. The summed E-state index contributed by atoms with van der Waals surface area (Å²) in [6.45, 7) is 5.86. The maximum Gasteiger partial charge on any atom is 0.335 e. The van der Waals surface area contributed by atoms with Crippen molar-refractivity contribution in [1.82, 2.24) is 5.32 Å². The number of hydrogen-bond acceptors (Lipinski definition) is 3. The van der Waals surface area contributed by atoms with Crippen LogP contribution in [0.25, 0.3) is 0 Å². The van der Waals surface area contributed by atoms with Crippen molar-refractivity contribution in [2.24, 2.45) is 5.92 Å². The van der Waals surface area contributed by atoms with Crippen LogP contribution in [0.4, 0.5) is 5.69 Å². The van der Waals surface area contributed by atoms with Crippen molar-refractivity contribution < 1.29 is 19.5 Å². The highest BCUT2D eigenvalue weighted by Gasteiger charge is 2.35. The van der Waals surface area contributed by atoms with E-state index in [1.165, 1.54) is 17.0 Å². The summed E-state index contributed by atoms with van der Waals surface area (Å²) >= 11 is 0. The maximum atomic E-state index is 12.8. The van der Waals surface area contributed by atoms with E-state index >= 15 is 0 Å². The molecule has 29 heavy (non-hydrogen) atoms. The SMILES string of the molecule is CC[C@H](C(=O)NCC(=O)N(C)c1cccc(C(=O)O)c1)C(C)(C)c1ccccc1. The first kappa shape index (κ1) is 22.1. The normalized spacial score (nSPS) is 12.1. The summed E-state index contributed by atoms with van der Waals surface area (Å²) in [5, 5.41) is 11.9.